The van der Waals surface area contributed by atoms with Crippen LogP contribution in [0.1, 0.15) is 83.5 Å². The zero-order chi connectivity index (χ0) is 40.2. The van der Waals surface area contributed by atoms with Gasteiger partial charge in [-0.25, -0.2) is 18.7 Å². The van der Waals surface area contributed by atoms with E-state index < -0.39 is 17.8 Å². The predicted molar refractivity (Wildman–Crippen MR) is 215 cm³/mol. The van der Waals surface area contributed by atoms with Gasteiger partial charge in [0.1, 0.15) is 17.6 Å². The Bertz CT molecular complexity index is 1990. The fraction of sp³-hybridized carbons (Fsp3) is 0.535. The minimum Gasteiger partial charge on any atom is -0.375 e. The van der Waals surface area contributed by atoms with Crippen LogP contribution in [-0.4, -0.2) is 95.5 Å². The number of piperidine rings is 4. The molecule has 15 heteroatoms. The molecule has 8 rings (SSSR count). The van der Waals surface area contributed by atoms with Gasteiger partial charge in [-0.3, -0.25) is 24.5 Å². The van der Waals surface area contributed by atoms with Gasteiger partial charge in [-0.1, -0.05) is 12.1 Å². The van der Waals surface area contributed by atoms with Gasteiger partial charge in [0.2, 0.25) is 29.6 Å². The number of nitrogens with one attached hydrogen (secondary N) is 3. The highest BCUT2D eigenvalue weighted by Gasteiger charge is 2.34. The molecule has 0 radical (unpaired) electrons. The average Bonchev–Trinajstić information content (AvgIpc) is 3.23. The summed E-state index contributed by atoms with van der Waals surface area (Å²) in [5.74, 6) is -0.973. The molecular formula is C43H52F2N8O5. The molecule has 0 spiro atoms. The van der Waals surface area contributed by atoms with Crippen LogP contribution in [0.15, 0.2) is 48.7 Å². The Labute approximate surface area is 337 Å². The molecule has 1 atom stereocenters. The first kappa shape index (κ1) is 39.6. The molecule has 308 valence electrons. The zero-order valence-corrected chi connectivity index (χ0v) is 32.8. The second-order valence-electron chi connectivity index (χ2n) is 16.3. The summed E-state index contributed by atoms with van der Waals surface area (Å²) in [6.45, 7) is 3.33. The Morgan fingerprint density at radius 1 is 0.793 bits per heavy atom. The van der Waals surface area contributed by atoms with E-state index in [2.05, 4.69) is 25.9 Å². The molecule has 1 aliphatic carbocycles. The van der Waals surface area contributed by atoms with E-state index in [4.69, 9.17) is 4.74 Å². The molecule has 5 aliphatic rings. The lowest BCUT2D eigenvalue weighted by Gasteiger charge is -2.39. The average molecular weight is 799 g/mol. The van der Waals surface area contributed by atoms with Crippen LogP contribution in [0.2, 0.25) is 0 Å². The lowest BCUT2D eigenvalue weighted by atomic mass is 9.85. The number of aromatic nitrogens is 2. The zero-order valence-electron chi connectivity index (χ0n) is 32.8. The Balaban J connectivity index is 0.755. The van der Waals surface area contributed by atoms with E-state index >= 15 is 4.39 Å². The van der Waals surface area contributed by atoms with Crippen LogP contribution in [0, 0.1) is 17.6 Å². The quantitative estimate of drug-likeness (QED) is 0.215. The minimum atomic E-state index is -0.569. The second kappa shape index (κ2) is 17.8. The Hall–Kier alpha value is -5.18. The van der Waals surface area contributed by atoms with E-state index in [-0.39, 0.29) is 59.8 Å². The van der Waals surface area contributed by atoms with Crippen molar-refractivity contribution in [1.82, 2.24) is 20.2 Å². The van der Waals surface area contributed by atoms with Gasteiger partial charge in [0.25, 0.3) is 0 Å². The third-order valence-electron chi connectivity index (χ3n) is 12.4. The lowest BCUT2D eigenvalue weighted by Crippen LogP contribution is -2.47. The molecule has 13 nitrogen and oxygen atoms in total. The van der Waals surface area contributed by atoms with Crippen molar-refractivity contribution in [3.63, 3.8) is 0 Å². The molecule has 5 fully saturated rings. The maximum Gasteiger partial charge on any atom is 0.249 e. The van der Waals surface area contributed by atoms with E-state index in [0.717, 1.165) is 69.9 Å². The number of likely N-dealkylation sites (tertiary alicyclic amines) is 1. The molecular weight excluding hydrogens is 747 g/mol. The van der Waals surface area contributed by atoms with Crippen LogP contribution >= 0.6 is 0 Å². The number of carbonyl (C=O) groups excluding carboxylic acids is 4. The third kappa shape index (κ3) is 9.24. The molecule has 3 N–H and O–H groups in total. The third-order valence-corrected chi connectivity index (χ3v) is 12.4. The van der Waals surface area contributed by atoms with Crippen molar-refractivity contribution >= 4 is 46.6 Å². The maximum absolute atomic E-state index is 15.2. The molecule has 4 saturated heterocycles. The molecule has 4 amide bonds. The van der Waals surface area contributed by atoms with Crippen molar-refractivity contribution in [3.05, 3.63) is 60.3 Å². The fourth-order valence-electron chi connectivity index (χ4n) is 9.07. The van der Waals surface area contributed by atoms with E-state index in [1.807, 2.05) is 28.0 Å². The number of carbonyl (C=O) groups is 4. The summed E-state index contributed by atoms with van der Waals surface area (Å²) in [6.07, 6.45) is 10.6. The topological polar surface area (TPSA) is 149 Å². The van der Waals surface area contributed by atoms with E-state index in [1.165, 1.54) is 12.3 Å². The highest BCUT2D eigenvalue weighted by Crippen LogP contribution is 2.33. The Morgan fingerprint density at radius 2 is 1.55 bits per heavy atom. The van der Waals surface area contributed by atoms with Gasteiger partial charge in [0.05, 0.1) is 24.1 Å². The molecule has 1 saturated carbocycles. The summed E-state index contributed by atoms with van der Waals surface area (Å²) in [5, 5.41) is 8.73. The summed E-state index contributed by atoms with van der Waals surface area (Å²) in [7, 11) is 0. The Morgan fingerprint density at radius 3 is 2.28 bits per heavy atom. The molecule has 0 bridgehead atoms. The van der Waals surface area contributed by atoms with Gasteiger partial charge in [0, 0.05) is 74.5 Å². The molecule has 58 heavy (non-hydrogen) atoms. The van der Waals surface area contributed by atoms with Gasteiger partial charge in [-0.05, 0) is 101 Å². The number of hydrogen-bond acceptors (Lipinski definition) is 10. The first-order valence-electron chi connectivity index (χ1n) is 21.0. The van der Waals surface area contributed by atoms with E-state index in [1.54, 1.807) is 23.1 Å². The van der Waals surface area contributed by atoms with Gasteiger partial charge < -0.3 is 30.1 Å². The van der Waals surface area contributed by atoms with Crippen LogP contribution in [-0.2, 0) is 23.9 Å². The summed E-state index contributed by atoms with van der Waals surface area (Å²) in [6, 6.07) is 11.7. The number of imide groups is 1. The van der Waals surface area contributed by atoms with Crippen molar-refractivity contribution < 1.29 is 32.7 Å². The normalized spacial score (nSPS) is 23.8. The highest BCUT2D eigenvalue weighted by atomic mass is 19.1. The second-order valence-corrected chi connectivity index (χ2v) is 16.3. The number of halogens is 2. The number of anilines is 4. The number of ether oxygens (including phenoxy) is 1. The van der Waals surface area contributed by atoms with Crippen molar-refractivity contribution in [2.24, 2.45) is 5.92 Å². The summed E-state index contributed by atoms with van der Waals surface area (Å²) < 4.78 is 36.7. The molecule has 1 aromatic heterocycles. The standard InChI is InChI=1S/C43H52F2N8O5/c44-34-25-30(47-36-12-14-38(54)49-41(36)56)11-13-37(34)51-20-15-32(16-21-51)58-33-17-22-52(23-18-33)42(57)27-7-9-29(10-8-27)48-43-46-26-35(45)40(50-43)28-4-3-5-31(24-28)53-19-2-1-6-39(53)55/h3-5,11,13,24-27,29,32-33,36,47H,1-2,6-10,12,14-23H2,(H,46,48,50)(H,49,54,56)/t27-,29-,36?. The smallest absolute Gasteiger partial charge is 0.249 e. The summed E-state index contributed by atoms with van der Waals surface area (Å²) >= 11 is 0. The van der Waals surface area contributed by atoms with Crippen molar-refractivity contribution in [2.45, 2.75) is 108 Å². The first-order chi connectivity index (χ1) is 28.2. The fourth-order valence-corrected chi connectivity index (χ4v) is 9.07. The predicted octanol–water partition coefficient (Wildman–Crippen LogP) is 5.80. The molecule has 1 unspecified atom stereocenters. The van der Waals surface area contributed by atoms with Gasteiger partial charge >= 0.3 is 0 Å². The number of hydrogen-bond donors (Lipinski definition) is 3. The SMILES string of the molecule is O=C1CCC(Nc2ccc(N3CCC(OC4CCN(C(=O)[C@H]5CC[C@H](Nc6ncc(F)c(-c7cccc(N8CCCCC8=O)c7)n6)CC5)CC4)CC3)c(F)c2)C(=O)N1. The van der Waals surface area contributed by atoms with Gasteiger partial charge in [-0.15, -0.1) is 0 Å². The van der Waals surface area contributed by atoms with Crippen LogP contribution in [0.5, 0.6) is 0 Å². The molecule has 5 heterocycles. The highest BCUT2D eigenvalue weighted by molar-refractivity contribution is 6.01. The Kier molecular flexibility index (Phi) is 12.1. The van der Waals surface area contributed by atoms with Crippen LogP contribution in [0.25, 0.3) is 11.3 Å². The van der Waals surface area contributed by atoms with E-state index in [9.17, 15) is 23.6 Å². The number of rotatable bonds is 10. The van der Waals surface area contributed by atoms with Gasteiger partial charge in [0.15, 0.2) is 5.82 Å². The summed E-state index contributed by atoms with van der Waals surface area (Å²) in [5.41, 5.74) is 2.54. The lowest BCUT2D eigenvalue weighted by molar-refractivity contribution is -0.140. The molecule has 3 aromatic rings. The van der Waals surface area contributed by atoms with Crippen LogP contribution in [0.3, 0.4) is 0 Å². The van der Waals surface area contributed by atoms with Crippen LogP contribution < -0.4 is 25.8 Å². The minimum absolute atomic E-state index is 0.0348. The summed E-state index contributed by atoms with van der Waals surface area (Å²) in [4.78, 5) is 64.1. The number of amides is 4. The molecule has 4 aliphatic heterocycles. The first-order valence-corrected chi connectivity index (χ1v) is 21.0. The number of nitrogens with zero attached hydrogens (tertiary/aromatic N) is 5. The van der Waals surface area contributed by atoms with Crippen molar-refractivity contribution in [3.8, 4) is 11.3 Å². The van der Waals surface area contributed by atoms with Crippen LogP contribution in [0.4, 0.5) is 31.8 Å². The van der Waals surface area contributed by atoms with Gasteiger partial charge in [-0.2, -0.15) is 0 Å². The largest absolute Gasteiger partial charge is 0.375 e. The van der Waals surface area contributed by atoms with E-state index in [0.29, 0.717) is 68.5 Å². The van der Waals surface area contributed by atoms with Crippen molar-refractivity contribution in [2.75, 3.05) is 53.2 Å². The number of benzene rings is 2. The monoisotopic (exact) mass is 798 g/mol. The van der Waals surface area contributed by atoms with Crippen molar-refractivity contribution in [1.29, 1.82) is 0 Å². The molecule has 2 aromatic carbocycles. The maximum atomic E-state index is 15.2.